The van der Waals surface area contributed by atoms with Gasteiger partial charge in [0, 0.05) is 29.1 Å². The van der Waals surface area contributed by atoms with Gasteiger partial charge in [-0.2, -0.15) is 0 Å². The molecule has 1 aliphatic carbocycles. The van der Waals surface area contributed by atoms with Crippen LogP contribution in [0.1, 0.15) is 35.2 Å². The zero-order valence-electron chi connectivity index (χ0n) is 11.3. The molecule has 1 saturated carbocycles. The third-order valence-electron chi connectivity index (χ3n) is 3.70. The largest absolute Gasteiger partial charge is 0.352 e. The zero-order chi connectivity index (χ0) is 14.7. The van der Waals surface area contributed by atoms with Crippen LogP contribution in [-0.2, 0) is 0 Å². The maximum Gasteiger partial charge on any atom is 0.273 e. The van der Waals surface area contributed by atoms with Gasteiger partial charge in [0.2, 0.25) is 0 Å². The maximum atomic E-state index is 12.0. The number of benzene rings is 1. The van der Waals surface area contributed by atoms with Gasteiger partial charge in [-0.3, -0.25) is 14.9 Å². The van der Waals surface area contributed by atoms with E-state index in [9.17, 15) is 14.9 Å². The molecule has 1 fully saturated rings. The predicted octanol–water partition coefficient (Wildman–Crippen LogP) is 3.04. The average Bonchev–Trinajstić information content (AvgIpc) is 2.82. The number of nitrogens with zero attached hydrogens (tertiary/aromatic N) is 1. The topological polar surface area (TPSA) is 72.2 Å². The monoisotopic (exact) mass is 296 g/mol. The Morgan fingerprint density at radius 2 is 2.25 bits per heavy atom. The van der Waals surface area contributed by atoms with E-state index in [2.05, 4.69) is 5.32 Å². The van der Waals surface area contributed by atoms with Crippen molar-refractivity contribution >= 4 is 23.2 Å². The number of aryl methyl sites for hydroxylation is 1. The fourth-order valence-corrected chi connectivity index (χ4v) is 2.86. The summed E-state index contributed by atoms with van der Waals surface area (Å²) in [5, 5.41) is 13.9. The number of alkyl halides is 1. The molecule has 2 unspecified atom stereocenters. The molecule has 5 nitrogen and oxygen atoms in total. The number of hydrogen-bond donors (Lipinski definition) is 1. The number of halogens is 1. The zero-order valence-corrected chi connectivity index (χ0v) is 12.0. The first-order valence-electron chi connectivity index (χ1n) is 6.64. The summed E-state index contributed by atoms with van der Waals surface area (Å²) >= 11 is 6.02. The van der Waals surface area contributed by atoms with Gasteiger partial charge in [-0.05, 0) is 38.2 Å². The standard InChI is InChI=1S/C14H17ClN2O3/c1-9-2-4-11(7-13(9)17(19)20)14(18)16-8-10-3-5-12(15)6-10/h2,4,7,10,12H,3,5-6,8H2,1H3,(H,16,18). The highest BCUT2D eigenvalue weighted by molar-refractivity contribution is 6.20. The summed E-state index contributed by atoms with van der Waals surface area (Å²) in [6.45, 7) is 2.22. The fourth-order valence-electron chi connectivity index (χ4n) is 2.49. The number of carbonyl (C=O) groups is 1. The SMILES string of the molecule is Cc1ccc(C(=O)NCC2CCC(Cl)C2)cc1[N+](=O)[O-]. The van der Waals surface area contributed by atoms with Crippen molar-refractivity contribution in [3.05, 3.63) is 39.4 Å². The maximum absolute atomic E-state index is 12.0. The molecule has 1 aromatic rings. The first-order valence-corrected chi connectivity index (χ1v) is 7.08. The molecule has 1 amide bonds. The molecule has 1 N–H and O–H groups in total. The van der Waals surface area contributed by atoms with Crippen molar-refractivity contribution in [1.82, 2.24) is 5.32 Å². The molecule has 108 valence electrons. The van der Waals surface area contributed by atoms with Crippen molar-refractivity contribution in [2.75, 3.05) is 6.54 Å². The van der Waals surface area contributed by atoms with Gasteiger partial charge in [0.1, 0.15) is 0 Å². The summed E-state index contributed by atoms with van der Waals surface area (Å²) in [7, 11) is 0. The quantitative estimate of drug-likeness (QED) is 0.527. The molecule has 1 aliphatic rings. The molecule has 20 heavy (non-hydrogen) atoms. The van der Waals surface area contributed by atoms with Gasteiger partial charge in [0.05, 0.1) is 4.92 Å². The Hall–Kier alpha value is -1.62. The summed E-state index contributed by atoms with van der Waals surface area (Å²) in [5.74, 6) is 0.132. The third-order valence-corrected chi connectivity index (χ3v) is 4.09. The molecule has 0 aromatic heterocycles. The molecule has 6 heteroatoms. The second-order valence-electron chi connectivity index (χ2n) is 5.24. The van der Waals surface area contributed by atoms with Crippen LogP contribution in [0.4, 0.5) is 5.69 Å². The van der Waals surface area contributed by atoms with E-state index in [0.29, 0.717) is 23.6 Å². The minimum atomic E-state index is -0.471. The molecular formula is C14H17ClN2O3. The number of nitro benzene ring substituents is 1. The van der Waals surface area contributed by atoms with E-state index in [1.807, 2.05) is 0 Å². The first-order chi connectivity index (χ1) is 9.47. The number of rotatable bonds is 4. The second-order valence-corrected chi connectivity index (χ2v) is 5.86. The van der Waals surface area contributed by atoms with E-state index >= 15 is 0 Å². The van der Waals surface area contributed by atoms with Gasteiger partial charge < -0.3 is 5.32 Å². The van der Waals surface area contributed by atoms with Crippen LogP contribution >= 0.6 is 11.6 Å². The van der Waals surface area contributed by atoms with Crippen molar-refractivity contribution in [2.45, 2.75) is 31.6 Å². The van der Waals surface area contributed by atoms with Crippen molar-refractivity contribution in [3.8, 4) is 0 Å². The molecule has 0 bridgehead atoms. The van der Waals surface area contributed by atoms with Crippen LogP contribution in [0.5, 0.6) is 0 Å². The first kappa shape index (κ1) is 14.8. The van der Waals surface area contributed by atoms with Crippen molar-refractivity contribution in [3.63, 3.8) is 0 Å². The molecule has 2 rings (SSSR count). The minimum Gasteiger partial charge on any atom is -0.352 e. The van der Waals surface area contributed by atoms with E-state index in [1.165, 1.54) is 6.07 Å². The molecule has 0 heterocycles. The van der Waals surface area contributed by atoms with E-state index in [1.54, 1.807) is 19.1 Å². The fraction of sp³-hybridized carbons (Fsp3) is 0.500. The van der Waals surface area contributed by atoms with Crippen molar-refractivity contribution in [2.24, 2.45) is 5.92 Å². The molecule has 0 saturated heterocycles. The second kappa shape index (κ2) is 6.22. The third kappa shape index (κ3) is 3.48. The highest BCUT2D eigenvalue weighted by atomic mass is 35.5. The number of nitro groups is 1. The van der Waals surface area contributed by atoms with Crippen LogP contribution in [0.15, 0.2) is 18.2 Å². The van der Waals surface area contributed by atoms with Gasteiger partial charge in [0.25, 0.3) is 11.6 Å². The van der Waals surface area contributed by atoms with Crippen LogP contribution in [0.2, 0.25) is 0 Å². The highest BCUT2D eigenvalue weighted by Gasteiger charge is 2.23. The summed E-state index contributed by atoms with van der Waals surface area (Å²) in [4.78, 5) is 22.4. The molecule has 2 atom stereocenters. The normalized spacial score (nSPS) is 21.7. The molecule has 0 radical (unpaired) electrons. The molecule has 1 aromatic carbocycles. The Bertz CT molecular complexity index is 533. The Kier molecular flexibility index (Phi) is 4.60. The number of nitrogens with one attached hydrogen (secondary N) is 1. The summed E-state index contributed by atoms with van der Waals surface area (Å²) < 4.78 is 0. The van der Waals surface area contributed by atoms with E-state index in [4.69, 9.17) is 11.6 Å². The van der Waals surface area contributed by atoms with Gasteiger partial charge in [-0.1, -0.05) is 6.07 Å². The van der Waals surface area contributed by atoms with Crippen LogP contribution in [-0.4, -0.2) is 22.8 Å². The summed E-state index contributed by atoms with van der Waals surface area (Å²) in [6, 6.07) is 4.53. The smallest absolute Gasteiger partial charge is 0.273 e. The average molecular weight is 297 g/mol. The highest BCUT2D eigenvalue weighted by Crippen LogP contribution is 2.28. The lowest BCUT2D eigenvalue weighted by Gasteiger charge is -2.11. The lowest BCUT2D eigenvalue weighted by Crippen LogP contribution is -2.28. The number of hydrogen-bond acceptors (Lipinski definition) is 3. The van der Waals surface area contributed by atoms with Crippen molar-refractivity contribution in [1.29, 1.82) is 0 Å². The number of carbonyl (C=O) groups excluding carboxylic acids is 1. The van der Waals surface area contributed by atoms with Gasteiger partial charge in [0.15, 0.2) is 0 Å². The van der Waals surface area contributed by atoms with Gasteiger partial charge in [-0.15, -0.1) is 11.6 Å². The summed E-state index contributed by atoms with van der Waals surface area (Å²) in [5.41, 5.74) is 0.842. The number of amides is 1. The van der Waals surface area contributed by atoms with Gasteiger partial charge >= 0.3 is 0 Å². The minimum absolute atomic E-state index is 0.0284. The lowest BCUT2D eigenvalue weighted by molar-refractivity contribution is -0.385. The van der Waals surface area contributed by atoms with Crippen LogP contribution in [0.3, 0.4) is 0 Å². The Labute approximate surface area is 122 Å². The molecule has 0 spiro atoms. The molecular weight excluding hydrogens is 280 g/mol. The Morgan fingerprint density at radius 3 is 2.85 bits per heavy atom. The van der Waals surface area contributed by atoms with E-state index in [-0.39, 0.29) is 17.0 Å². The van der Waals surface area contributed by atoms with Gasteiger partial charge in [-0.25, -0.2) is 0 Å². The predicted molar refractivity (Wildman–Crippen MR) is 77.1 cm³/mol. The molecule has 0 aliphatic heterocycles. The van der Waals surface area contributed by atoms with E-state index in [0.717, 1.165) is 19.3 Å². The van der Waals surface area contributed by atoms with Crippen LogP contribution < -0.4 is 5.32 Å². The Morgan fingerprint density at radius 1 is 1.50 bits per heavy atom. The van der Waals surface area contributed by atoms with Crippen molar-refractivity contribution < 1.29 is 9.72 Å². The van der Waals surface area contributed by atoms with Crippen LogP contribution in [0.25, 0.3) is 0 Å². The summed E-state index contributed by atoms with van der Waals surface area (Å²) in [6.07, 6.45) is 2.91. The lowest BCUT2D eigenvalue weighted by atomic mass is 10.1. The Balaban J connectivity index is 1.99. The van der Waals surface area contributed by atoms with E-state index < -0.39 is 4.92 Å². The van der Waals surface area contributed by atoms with Crippen LogP contribution in [0, 0.1) is 23.0 Å².